The lowest BCUT2D eigenvalue weighted by Gasteiger charge is -2.03. The molecule has 0 spiro atoms. The van der Waals surface area contributed by atoms with Crippen molar-refractivity contribution < 1.29 is 5.11 Å². The van der Waals surface area contributed by atoms with Crippen LogP contribution in [0.3, 0.4) is 0 Å². The first-order valence-electron chi connectivity index (χ1n) is 9.77. The number of hydrogen-bond acceptors (Lipinski definition) is 5. The third kappa shape index (κ3) is 2.84. The van der Waals surface area contributed by atoms with Crippen LogP contribution in [-0.4, -0.2) is 39.8 Å². The Hall–Kier alpha value is -4.46. The van der Waals surface area contributed by atoms with Crippen LogP contribution >= 0.6 is 0 Å². The Morgan fingerprint density at radius 2 is 1.87 bits per heavy atom. The van der Waals surface area contributed by atoms with Crippen LogP contribution < -0.4 is 0 Å². The van der Waals surface area contributed by atoms with E-state index in [2.05, 4.69) is 42.3 Å². The van der Waals surface area contributed by atoms with Crippen molar-refractivity contribution in [3.63, 3.8) is 0 Å². The molecule has 0 unspecified atom stereocenters. The van der Waals surface area contributed by atoms with Crippen LogP contribution in [0, 0.1) is 6.92 Å². The van der Waals surface area contributed by atoms with Crippen molar-refractivity contribution >= 4 is 21.9 Å². The van der Waals surface area contributed by atoms with Crippen LogP contribution in [0.1, 0.15) is 5.69 Å². The van der Waals surface area contributed by atoms with Crippen molar-refractivity contribution in [1.82, 2.24) is 34.7 Å². The minimum atomic E-state index is 0.114. The zero-order valence-electron chi connectivity index (χ0n) is 16.5. The van der Waals surface area contributed by atoms with E-state index in [0.29, 0.717) is 5.65 Å². The molecule has 0 bridgehead atoms. The highest BCUT2D eigenvalue weighted by Gasteiger charge is 2.15. The van der Waals surface area contributed by atoms with Crippen molar-refractivity contribution in [3.8, 4) is 34.0 Å². The average molecular weight is 407 g/mol. The lowest BCUT2D eigenvalue weighted by atomic mass is 10.1. The van der Waals surface area contributed by atoms with Gasteiger partial charge in [0, 0.05) is 46.0 Å². The highest BCUT2D eigenvalue weighted by molar-refractivity contribution is 5.98. The van der Waals surface area contributed by atoms with Crippen molar-refractivity contribution in [2.75, 3.05) is 0 Å². The van der Waals surface area contributed by atoms with E-state index in [1.165, 1.54) is 6.20 Å². The van der Waals surface area contributed by atoms with Crippen LogP contribution in [0.4, 0.5) is 0 Å². The number of nitrogens with zero attached hydrogens (tertiary/aromatic N) is 5. The van der Waals surface area contributed by atoms with Gasteiger partial charge in [-0.3, -0.25) is 10.1 Å². The summed E-state index contributed by atoms with van der Waals surface area (Å²) in [6.45, 7) is 1.97. The molecule has 5 aromatic heterocycles. The summed E-state index contributed by atoms with van der Waals surface area (Å²) in [5.41, 5.74) is 7.05. The molecule has 1 aromatic carbocycles. The van der Waals surface area contributed by atoms with Gasteiger partial charge in [-0.2, -0.15) is 5.10 Å². The van der Waals surface area contributed by atoms with Gasteiger partial charge in [0.2, 0.25) is 0 Å². The highest BCUT2D eigenvalue weighted by Crippen LogP contribution is 2.33. The fraction of sp³-hybridized carbons (Fsp3) is 0.0435. The van der Waals surface area contributed by atoms with Gasteiger partial charge < -0.3 is 14.7 Å². The number of aryl methyl sites for hydroxylation is 1. The summed E-state index contributed by atoms with van der Waals surface area (Å²) in [4.78, 5) is 16.4. The fourth-order valence-corrected chi connectivity index (χ4v) is 3.90. The number of H-pyrrole nitrogens is 2. The first-order chi connectivity index (χ1) is 15.2. The third-order valence-corrected chi connectivity index (χ3v) is 5.37. The number of imidazole rings is 1. The van der Waals surface area contributed by atoms with Gasteiger partial charge in [0.15, 0.2) is 5.65 Å². The Labute approximate surface area is 176 Å². The molecule has 8 nitrogen and oxygen atoms in total. The number of aromatic amines is 2. The molecule has 150 valence electrons. The summed E-state index contributed by atoms with van der Waals surface area (Å²) in [5.74, 6) is 0.114. The second-order valence-corrected chi connectivity index (χ2v) is 7.47. The van der Waals surface area contributed by atoms with Gasteiger partial charge in [0.05, 0.1) is 35.3 Å². The van der Waals surface area contributed by atoms with E-state index in [1.807, 2.05) is 42.2 Å². The first kappa shape index (κ1) is 17.4. The smallest absolute Gasteiger partial charge is 0.181 e. The van der Waals surface area contributed by atoms with Gasteiger partial charge >= 0.3 is 0 Å². The maximum absolute atomic E-state index is 9.77. The minimum Gasteiger partial charge on any atom is -0.506 e. The quantitative estimate of drug-likeness (QED) is 0.404. The Morgan fingerprint density at radius 3 is 2.71 bits per heavy atom. The number of pyridine rings is 2. The van der Waals surface area contributed by atoms with Gasteiger partial charge in [0.1, 0.15) is 5.75 Å². The highest BCUT2D eigenvalue weighted by atomic mass is 16.3. The number of aromatic nitrogens is 7. The molecule has 0 saturated heterocycles. The standard InChI is InChI=1S/C23H17N7O/c1-13-11-30(12-26-13)21-4-2-3-19-17(21)7-20(27-19)22-18-6-15(9-25-23(18)29-28-22)14-5-16(31)10-24-8-14/h2-12,27,31H,1H3,(H,25,28,29). The van der Waals surface area contributed by atoms with E-state index in [0.717, 1.165) is 50.2 Å². The monoisotopic (exact) mass is 407 g/mol. The Kier molecular flexibility index (Phi) is 3.66. The zero-order valence-corrected chi connectivity index (χ0v) is 16.5. The van der Waals surface area contributed by atoms with E-state index in [9.17, 15) is 5.11 Å². The molecule has 0 aliphatic carbocycles. The molecule has 6 aromatic rings. The second kappa shape index (κ2) is 6.53. The third-order valence-electron chi connectivity index (χ3n) is 5.37. The van der Waals surface area contributed by atoms with Crippen molar-refractivity contribution in [1.29, 1.82) is 0 Å². The van der Waals surface area contributed by atoms with Gasteiger partial charge in [-0.05, 0) is 37.3 Å². The summed E-state index contributed by atoms with van der Waals surface area (Å²) < 4.78 is 2.02. The molecule has 3 N–H and O–H groups in total. The molecule has 0 aliphatic heterocycles. The van der Waals surface area contributed by atoms with E-state index in [-0.39, 0.29) is 5.75 Å². The molecular weight excluding hydrogens is 390 g/mol. The van der Waals surface area contributed by atoms with E-state index < -0.39 is 0 Å². The van der Waals surface area contributed by atoms with Gasteiger partial charge in [-0.15, -0.1) is 0 Å². The first-order valence-corrected chi connectivity index (χ1v) is 9.77. The summed E-state index contributed by atoms with van der Waals surface area (Å²) >= 11 is 0. The second-order valence-electron chi connectivity index (χ2n) is 7.47. The molecule has 8 heteroatoms. The Morgan fingerprint density at radius 1 is 0.968 bits per heavy atom. The van der Waals surface area contributed by atoms with Crippen molar-refractivity contribution in [3.05, 3.63) is 73.2 Å². The summed E-state index contributed by atoms with van der Waals surface area (Å²) in [5, 5.41) is 19.2. The van der Waals surface area contributed by atoms with Gasteiger partial charge in [0.25, 0.3) is 0 Å². The topological polar surface area (TPSA) is 108 Å². The van der Waals surface area contributed by atoms with Gasteiger partial charge in [-0.1, -0.05) is 6.07 Å². The molecule has 31 heavy (non-hydrogen) atoms. The summed E-state index contributed by atoms with van der Waals surface area (Å²) in [6, 6.07) is 11.9. The fourth-order valence-electron chi connectivity index (χ4n) is 3.90. The predicted molar refractivity (Wildman–Crippen MR) is 118 cm³/mol. The van der Waals surface area contributed by atoms with Crippen LogP contribution in [0.2, 0.25) is 0 Å². The van der Waals surface area contributed by atoms with Crippen LogP contribution in [0.5, 0.6) is 5.75 Å². The molecule has 0 saturated carbocycles. The number of fused-ring (bicyclic) bond motifs is 2. The summed E-state index contributed by atoms with van der Waals surface area (Å²) in [6.07, 6.45) is 8.66. The lowest BCUT2D eigenvalue weighted by Crippen LogP contribution is -1.89. The molecular formula is C23H17N7O. The molecule has 0 amide bonds. The van der Waals surface area contributed by atoms with E-state index >= 15 is 0 Å². The van der Waals surface area contributed by atoms with Crippen molar-refractivity contribution in [2.45, 2.75) is 6.92 Å². The number of aromatic hydroxyl groups is 1. The maximum atomic E-state index is 9.77. The largest absolute Gasteiger partial charge is 0.506 e. The van der Waals surface area contributed by atoms with Gasteiger partial charge in [-0.25, -0.2) is 9.97 Å². The molecule has 5 heterocycles. The molecule has 0 atom stereocenters. The molecule has 0 fully saturated rings. The SMILES string of the molecule is Cc1cn(-c2cccc3[nH]c(-c4[nH]nc5ncc(-c6cncc(O)c6)cc45)cc23)cn1. The molecule has 0 radical (unpaired) electrons. The zero-order chi connectivity index (χ0) is 20.9. The normalized spacial score (nSPS) is 11.5. The lowest BCUT2D eigenvalue weighted by molar-refractivity contribution is 0.473. The molecule has 6 rings (SSSR count). The average Bonchev–Trinajstić information content (AvgIpc) is 3.50. The maximum Gasteiger partial charge on any atom is 0.181 e. The number of nitrogens with one attached hydrogen (secondary N) is 2. The Bertz CT molecular complexity index is 1570. The van der Waals surface area contributed by atoms with Crippen LogP contribution in [-0.2, 0) is 0 Å². The number of hydrogen-bond donors (Lipinski definition) is 3. The molecule has 0 aliphatic rings. The van der Waals surface area contributed by atoms with E-state index in [4.69, 9.17) is 0 Å². The summed E-state index contributed by atoms with van der Waals surface area (Å²) in [7, 11) is 0. The van der Waals surface area contributed by atoms with Crippen LogP contribution in [0.25, 0.3) is 50.1 Å². The minimum absolute atomic E-state index is 0.114. The van der Waals surface area contributed by atoms with E-state index in [1.54, 1.807) is 18.5 Å². The number of rotatable bonds is 3. The number of benzene rings is 1. The Balaban J connectivity index is 1.51. The van der Waals surface area contributed by atoms with Crippen LogP contribution in [0.15, 0.2) is 67.5 Å². The van der Waals surface area contributed by atoms with Crippen molar-refractivity contribution in [2.24, 2.45) is 0 Å². The predicted octanol–water partition coefficient (Wildman–Crippen LogP) is 4.37.